The van der Waals surface area contributed by atoms with E-state index in [0.29, 0.717) is 0 Å². The van der Waals surface area contributed by atoms with Crippen LogP contribution >= 0.6 is 0 Å². The van der Waals surface area contributed by atoms with Crippen molar-refractivity contribution in [2.24, 2.45) is 5.14 Å². The molecule has 3 N–H and O–H groups in total. The van der Waals surface area contributed by atoms with Crippen LogP contribution in [0.15, 0.2) is 0 Å². The van der Waals surface area contributed by atoms with Gasteiger partial charge in [-0.1, -0.05) is 38.5 Å². The van der Waals surface area contributed by atoms with E-state index in [4.69, 9.17) is 13.0 Å². The van der Waals surface area contributed by atoms with Gasteiger partial charge >= 0.3 is 10.3 Å². The Morgan fingerprint density at radius 1 is 0.917 bits per heavy atom. The largest absolute Gasteiger partial charge is 0.330 e. The minimum atomic E-state index is -4.17. The van der Waals surface area contributed by atoms with Gasteiger partial charge in [-0.25, -0.2) is 5.14 Å². The maximum atomic E-state index is 8.97. The Kier molecular flexibility index (Phi) is 10.3. The molecule has 0 saturated heterocycles. The summed E-state index contributed by atoms with van der Waals surface area (Å²) >= 11 is 0. The molecule has 1 saturated carbocycles. The SMILES string of the molecule is C1CCCCC1.NS(=O)(=O)O.[Ag]. The molecule has 0 amide bonds. The quantitative estimate of drug-likeness (QED) is 0.517. The van der Waals surface area contributed by atoms with Crippen LogP contribution in [0.4, 0.5) is 0 Å². The molecule has 1 aliphatic rings. The van der Waals surface area contributed by atoms with Gasteiger partial charge < -0.3 is 0 Å². The van der Waals surface area contributed by atoms with Crippen molar-refractivity contribution in [3.05, 3.63) is 0 Å². The molecule has 6 heteroatoms. The van der Waals surface area contributed by atoms with E-state index in [1.165, 1.54) is 38.5 Å². The minimum absolute atomic E-state index is 0. The van der Waals surface area contributed by atoms with Crippen LogP contribution in [0.1, 0.15) is 38.5 Å². The van der Waals surface area contributed by atoms with E-state index >= 15 is 0 Å². The summed E-state index contributed by atoms with van der Waals surface area (Å²) < 4.78 is 25.2. The van der Waals surface area contributed by atoms with Crippen LogP contribution in [0, 0.1) is 0 Å². The number of hydrogen-bond donors (Lipinski definition) is 2. The molecule has 0 heterocycles. The van der Waals surface area contributed by atoms with Crippen molar-refractivity contribution in [2.45, 2.75) is 38.5 Å². The second-order valence-corrected chi connectivity index (χ2v) is 3.67. The molecule has 0 aromatic rings. The summed E-state index contributed by atoms with van der Waals surface area (Å²) in [7, 11) is -4.17. The molecular weight excluding hydrogens is 274 g/mol. The van der Waals surface area contributed by atoms with Crippen LogP contribution < -0.4 is 5.14 Å². The van der Waals surface area contributed by atoms with Gasteiger partial charge in [0.25, 0.3) is 0 Å². The van der Waals surface area contributed by atoms with E-state index in [1.807, 2.05) is 0 Å². The Labute approximate surface area is 89.3 Å². The topological polar surface area (TPSA) is 80.4 Å². The van der Waals surface area contributed by atoms with E-state index in [-0.39, 0.29) is 22.4 Å². The van der Waals surface area contributed by atoms with Crippen molar-refractivity contribution in [3.63, 3.8) is 0 Å². The van der Waals surface area contributed by atoms with Crippen LogP contribution in [0.2, 0.25) is 0 Å². The van der Waals surface area contributed by atoms with Gasteiger partial charge in [0.2, 0.25) is 0 Å². The monoisotopic (exact) mass is 288 g/mol. The normalized spacial score (nSPS) is 16.8. The number of hydrogen-bond acceptors (Lipinski definition) is 2. The van der Waals surface area contributed by atoms with Gasteiger partial charge in [0.15, 0.2) is 0 Å². The van der Waals surface area contributed by atoms with Crippen LogP contribution in [-0.4, -0.2) is 13.0 Å². The van der Waals surface area contributed by atoms with Crippen molar-refractivity contribution in [1.82, 2.24) is 0 Å². The van der Waals surface area contributed by atoms with Gasteiger partial charge in [0, 0.05) is 22.4 Å². The van der Waals surface area contributed by atoms with E-state index < -0.39 is 10.3 Å². The predicted molar refractivity (Wildman–Crippen MR) is 43.4 cm³/mol. The second kappa shape index (κ2) is 8.22. The van der Waals surface area contributed by atoms with Crippen molar-refractivity contribution >= 4 is 10.3 Å². The molecule has 1 aliphatic carbocycles. The molecule has 1 rings (SSSR count). The molecule has 0 aromatic heterocycles. The predicted octanol–water partition coefficient (Wildman–Crippen LogP) is 1.09. The van der Waals surface area contributed by atoms with Crippen molar-refractivity contribution in [3.8, 4) is 0 Å². The summed E-state index contributed by atoms with van der Waals surface area (Å²) in [5.74, 6) is 0. The fourth-order valence-corrected chi connectivity index (χ4v) is 1.06. The van der Waals surface area contributed by atoms with E-state index in [1.54, 1.807) is 0 Å². The van der Waals surface area contributed by atoms with Crippen LogP contribution in [0.3, 0.4) is 0 Å². The molecule has 4 nitrogen and oxygen atoms in total. The third-order valence-electron chi connectivity index (χ3n) is 1.50. The molecule has 0 aromatic carbocycles. The van der Waals surface area contributed by atoms with Crippen molar-refractivity contribution in [2.75, 3.05) is 0 Å². The van der Waals surface area contributed by atoms with Gasteiger partial charge in [0.1, 0.15) is 0 Å². The third kappa shape index (κ3) is 22.4. The minimum Gasteiger partial charge on any atom is -0.274 e. The Bertz CT molecular complexity index is 158. The molecule has 0 spiro atoms. The zero-order chi connectivity index (χ0) is 8.74. The first-order valence-electron chi connectivity index (χ1n) is 3.75. The first-order chi connectivity index (χ1) is 5.00. The fraction of sp³-hybridized carbons (Fsp3) is 1.00. The average Bonchev–Trinajstić information content (AvgIpc) is 1.88. The Morgan fingerprint density at radius 2 is 1.00 bits per heavy atom. The first kappa shape index (κ1) is 15.1. The molecule has 0 atom stereocenters. The molecule has 1 radical (unpaired) electrons. The Balaban J connectivity index is 0. The van der Waals surface area contributed by atoms with Crippen molar-refractivity contribution < 1.29 is 35.4 Å². The first-order valence-corrected chi connectivity index (χ1v) is 5.25. The van der Waals surface area contributed by atoms with Crippen LogP contribution in [-0.2, 0) is 32.7 Å². The molecule has 0 aliphatic heterocycles. The smallest absolute Gasteiger partial charge is 0.274 e. The zero-order valence-electron chi connectivity index (χ0n) is 6.79. The molecule has 0 bridgehead atoms. The van der Waals surface area contributed by atoms with Crippen LogP contribution in [0.25, 0.3) is 0 Å². The summed E-state index contributed by atoms with van der Waals surface area (Å²) in [6.07, 6.45) is 9.00. The maximum absolute atomic E-state index is 8.97. The van der Waals surface area contributed by atoms with Gasteiger partial charge in [-0.2, -0.15) is 8.42 Å². The molecular formula is C6H15AgNO3S. The molecule has 0 unspecified atom stereocenters. The average molecular weight is 289 g/mol. The number of nitrogens with two attached hydrogens (primary N) is 1. The second-order valence-electron chi connectivity index (χ2n) is 2.64. The third-order valence-corrected chi connectivity index (χ3v) is 1.50. The Hall–Kier alpha value is 0.610. The standard InChI is InChI=1S/C6H12.Ag.H3NO3S/c1-2-4-6-5-3-1;;1-5(2,3)4/h1-6H2;;(H3,1,2,3,4). The van der Waals surface area contributed by atoms with Gasteiger partial charge in [-0.3, -0.25) is 4.55 Å². The van der Waals surface area contributed by atoms with Gasteiger partial charge in [-0.05, 0) is 0 Å². The maximum Gasteiger partial charge on any atom is 0.330 e. The molecule has 79 valence electrons. The van der Waals surface area contributed by atoms with E-state index in [2.05, 4.69) is 5.14 Å². The zero-order valence-corrected chi connectivity index (χ0v) is 9.09. The summed E-state index contributed by atoms with van der Waals surface area (Å²) in [4.78, 5) is 0. The van der Waals surface area contributed by atoms with E-state index in [9.17, 15) is 0 Å². The summed E-state index contributed by atoms with van der Waals surface area (Å²) in [6.45, 7) is 0. The fourth-order valence-electron chi connectivity index (χ4n) is 1.06. The summed E-state index contributed by atoms with van der Waals surface area (Å²) in [6, 6.07) is 0. The number of rotatable bonds is 0. The van der Waals surface area contributed by atoms with Crippen LogP contribution in [0.5, 0.6) is 0 Å². The summed E-state index contributed by atoms with van der Waals surface area (Å²) in [5, 5.41) is 3.88. The summed E-state index contributed by atoms with van der Waals surface area (Å²) in [5.41, 5.74) is 0. The molecule has 1 fully saturated rings. The van der Waals surface area contributed by atoms with E-state index in [0.717, 1.165) is 0 Å². The van der Waals surface area contributed by atoms with Gasteiger partial charge in [-0.15, -0.1) is 0 Å². The Morgan fingerprint density at radius 3 is 1.08 bits per heavy atom. The van der Waals surface area contributed by atoms with Crippen molar-refractivity contribution in [1.29, 1.82) is 0 Å². The van der Waals surface area contributed by atoms with Gasteiger partial charge in [0.05, 0.1) is 0 Å². The molecule has 12 heavy (non-hydrogen) atoms.